The van der Waals surface area contributed by atoms with Gasteiger partial charge < -0.3 is 4.90 Å². The third kappa shape index (κ3) is 4.26. The van der Waals surface area contributed by atoms with E-state index >= 15 is 0 Å². The van der Waals surface area contributed by atoms with Gasteiger partial charge in [0.2, 0.25) is 5.91 Å². The molecule has 0 saturated carbocycles. The third-order valence-corrected chi connectivity index (χ3v) is 6.27. The van der Waals surface area contributed by atoms with Crippen molar-refractivity contribution in [1.29, 1.82) is 0 Å². The predicted molar refractivity (Wildman–Crippen MR) is 116 cm³/mol. The Hall–Kier alpha value is -2.66. The van der Waals surface area contributed by atoms with Crippen molar-refractivity contribution < 1.29 is 14.4 Å². The number of likely N-dealkylation sites (tertiary alicyclic amines) is 1. The number of amides is 3. The van der Waals surface area contributed by atoms with Gasteiger partial charge in [-0.3, -0.25) is 19.3 Å². The molecule has 1 unspecified atom stereocenters. The number of hydrogen-bond acceptors (Lipinski definition) is 3. The zero-order chi connectivity index (χ0) is 21.1. The van der Waals surface area contributed by atoms with Crippen molar-refractivity contribution in [3.05, 3.63) is 70.2 Å². The summed E-state index contributed by atoms with van der Waals surface area (Å²) >= 11 is 6.01. The highest BCUT2D eigenvalue weighted by atomic mass is 35.5. The molecule has 0 bridgehead atoms. The molecule has 6 heteroatoms. The monoisotopic (exact) mass is 424 g/mol. The molecule has 2 aliphatic heterocycles. The lowest BCUT2D eigenvalue weighted by Gasteiger charge is -2.25. The summed E-state index contributed by atoms with van der Waals surface area (Å²) in [5.41, 5.74) is 2.12. The first-order chi connectivity index (χ1) is 14.5. The van der Waals surface area contributed by atoms with E-state index in [2.05, 4.69) is 0 Å². The highest BCUT2D eigenvalue weighted by molar-refractivity contribution is 6.30. The summed E-state index contributed by atoms with van der Waals surface area (Å²) in [6, 6.07) is 14.8. The maximum absolute atomic E-state index is 12.9. The van der Waals surface area contributed by atoms with E-state index in [1.165, 1.54) is 10.5 Å². The lowest BCUT2D eigenvalue weighted by molar-refractivity contribution is -0.131. The van der Waals surface area contributed by atoms with Crippen molar-refractivity contribution in [1.82, 2.24) is 9.80 Å². The molecule has 4 rings (SSSR count). The van der Waals surface area contributed by atoms with Gasteiger partial charge >= 0.3 is 0 Å². The zero-order valence-electron chi connectivity index (χ0n) is 16.9. The lowest BCUT2D eigenvalue weighted by Crippen LogP contribution is -2.35. The fourth-order valence-corrected chi connectivity index (χ4v) is 4.49. The molecule has 2 aromatic carbocycles. The summed E-state index contributed by atoms with van der Waals surface area (Å²) in [4.78, 5) is 41.0. The van der Waals surface area contributed by atoms with Crippen LogP contribution in [-0.4, -0.2) is 47.2 Å². The SMILES string of the molecule is O=C(CCCN1C(=O)c2ccccc2C1=O)N1CCCCC(c2ccc(Cl)cc2)C1. The summed E-state index contributed by atoms with van der Waals surface area (Å²) in [5.74, 6) is -0.126. The van der Waals surface area contributed by atoms with E-state index in [1.807, 2.05) is 29.2 Å². The Balaban J connectivity index is 1.33. The molecule has 0 aromatic heterocycles. The van der Waals surface area contributed by atoms with E-state index < -0.39 is 0 Å². The first-order valence-electron chi connectivity index (χ1n) is 10.5. The van der Waals surface area contributed by atoms with Crippen LogP contribution >= 0.6 is 11.6 Å². The average Bonchev–Trinajstić information content (AvgIpc) is 2.93. The van der Waals surface area contributed by atoms with Crippen LogP contribution in [0.1, 0.15) is 64.3 Å². The number of carbonyl (C=O) groups excluding carboxylic acids is 3. The fraction of sp³-hybridized carbons (Fsp3) is 0.375. The van der Waals surface area contributed by atoms with Crippen LogP contribution in [0.25, 0.3) is 0 Å². The van der Waals surface area contributed by atoms with Crippen LogP contribution in [0.4, 0.5) is 0 Å². The number of halogens is 1. The molecule has 0 N–H and O–H groups in total. The van der Waals surface area contributed by atoms with Gasteiger partial charge in [0.1, 0.15) is 0 Å². The third-order valence-electron chi connectivity index (χ3n) is 6.02. The van der Waals surface area contributed by atoms with E-state index in [0.29, 0.717) is 41.5 Å². The quantitative estimate of drug-likeness (QED) is 0.663. The average molecular weight is 425 g/mol. The van der Waals surface area contributed by atoms with Gasteiger partial charge in [0, 0.05) is 37.0 Å². The van der Waals surface area contributed by atoms with Gasteiger partial charge in [-0.15, -0.1) is 0 Å². The van der Waals surface area contributed by atoms with E-state index in [1.54, 1.807) is 24.3 Å². The molecule has 1 atom stereocenters. The van der Waals surface area contributed by atoms with Gasteiger partial charge in [-0.2, -0.15) is 0 Å². The Morgan fingerprint density at radius 2 is 1.63 bits per heavy atom. The first kappa shape index (κ1) is 20.6. The molecular formula is C24H25ClN2O3. The van der Waals surface area contributed by atoms with Crippen molar-refractivity contribution >= 4 is 29.3 Å². The second kappa shape index (κ2) is 9.00. The van der Waals surface area contributed by atoms with Crippen LogP contribution in [0, 0.1) is 0 Å². The first-order valence-corrected chi connectivity index (χ1v) is 10.9. The van der Waals surface area contributed by atoms with Gasteiger partial charge in [0.25, 0.3) is 11.8 Å². The number of nitrogens with zero attached hydrogens (tertiary/aromatic N) is 2. The Kier molecular flexibility index (Phi) is 6.18. The summed E-state index contributed by atoms with van der Waals surface area (Å²) in [5, 5.41) is 0.716. The normalized spacial score (nSPS) is 19.0. The molecule has 1 fully saturated rings. The van der Waals surface area contributed by atoms with Gasteiger partial charge in [0.05, 0.1) is 11.1 Å². The van der Waals surface area contributed by atoms with Crippen LogP contribution in [0.5, 0.6) is 0 Å². The maximum Gasteiger partial charge on any atom is 0.261 e. The second-order valence-corrected chi connectivity index (χ2v) is 8.43. The van der Waals surface area contributed by atoms with Crippen molar-refractivity contribution in [2.24, 2.45) is 0 Å². The number of imide groups is 1. The number of fused-ring (bicyclic) bond motifs is 1. The Bertz CT molecular complexity index is 922. The van der Waals surface area contributed by atoms with Crippen LogP contribution in [0.2, 0.25) is 5.02 Å². The van der Waals surface area contributed by atoms with Crippen LogP contribution in [0.15, 0.2) is 48.5 Å². The summed E-state index contributed by atoms with van der Waals surface area (Å²) in [6.45, 7) is 1.73. The van der Waals surface area contributed by atoms with Crippen LogP contribution in [0.3, 0.4) is 0 Å². The highest BCUT2D eigenvalue weighted by Crippen LogP contribution is 2.28. The van der Waals surface area contributed by atoms with Gasteiger partial charge in [-0.1, -0.05) is 42.3 Å². The molecular weight excluding hydrogens is 400 g/mol. The number of rotatable bonds is 5. The van der Waals surface area contributed by atoms with Crippen molar-refractivity contribution in [3.8, 4) is 0 Å². The largest absolute Gasteiger partial charge is 0.342 e. The summed E-state index contributed by atoms with van der Waals surface area (Å²) in [6.07, 6.45) is 3.95. The van der Waals surface area contributed by atoms with Crippen molar-refractivity contribution in [3.63, 3.8) is 0 Å². The lowest BCUT2D eigenvalue weighted by atomic mass is 9.94. The minimum atomic E-state index is -0.263. The molecule has 3 amide bonds. The summed E-state index contributed by atoms with van der Waals surface area (Å²) in [7, 11) is 0. The van der Waals surface area contributed by atoms with Gasteiger partial charge in [-0.25, -0.2) is 0 Å². The standard InChI is InChI=1S/C24H25ClN2O3/c25-19-12-10-17(11-13-19)18-6-3-4-14-26(16-18)22(28)9-5-15-27-23(29)20-7-1-2-8-21(20)24(27)30/h1-2,7-8,10-13,18H,3-6,9,14-16H2. The van der Waals surface area contributed by atoms with Crippen LogP contribution < -0.4 is 0 Å². The number of hydrogen-bond donors (Lipinski definition) is 0. The van der Waals surface area contributed by atoms with E-state index in [-0.39, 0.29) is 24.3 Å². The molecule has 2 aromatic rings. The highest BCUT2D eigenvalue weighted by Gasteiger charge is 2.34. The molecule has 156 valence electrons. The molecule has 5 nitrogen and oxygen atoms in total. The van der Waals surface area contributed by atoms with Crippen molar-refractivity contribution in [2.45, 2.75) is 38.0 Å². The van der Waals surface area contributed by atoms with E-state index in [0.717, 1.165) is 25.8 Å². The predicted octanol–water partition coefficient (Wildman–Crippen LogP) is 4.51. The van der Waals surface area contributed by atoms with Gasteiger partial charge in [-0.05, 0) is 49.1 Å². The Morgan fingerprint density at radius 1 is 0.967 bits per heavy atom. The van der Waals surface area contributed by atoms with Crippen LogP contribution in [-0.2, 0) is 4.79 Å². The second-order valence-electron chi connectivity index (χ2n) is 8.00. The molecule has 0 radical (unpaired) electrons. The Morgan fingerprint density at radius 3 is 2.30 bits per heavy atom. The molecule has 30 heavy (non-hydrogen) atoms. The summed E-state index contributed by atoms with van der Waals surface area (Å²) < 4.78 is 0. The molecule has 0 spiro atoms. The Labute approximate surface area is 181 Å². The van der Waals surface area contributed by atoms with E-state index in [4.69, 9.17) is 11.6 Å². The minimum absolute atomic E-state index is 0.0903. The van der Waals surface area contributed by atoms with Gasteiger partial charge in [0.15, 0.2) is 0 Å². The maximum atomic E-state index is 12.9. The minimum Gasteiger partial charge on any atom is -0.342 e. The zero-order valence-corrected chi connectivity index (χ0v) is 17.6. The smallest absolute Gasteiger partial charge is 0.261 e. The van der Waals surface area contributed by atoms with E-state index in [9.17, 15) is 14.4 Å². The van der Waals surface area contributed by atoms with Crippen molar-refractivity contribution in [2.75, 3.05) is 19.6 Å². The molecule has 1 saturated heterocycles. The molecule has 2 heterocycles. The molecule has 0 aliphatic carbocycles. The topological polar surface area (TPSA) is 57.7 Å². The number of carbonyl (C=O) groups is 3. The fourth-order valence-electron chi connectivity index (χ4n) is 4.36. The number of benzene rings is 2. The molecule has 2 aliphatic rings.